The van der Waals surface area contributed by atoms with Crippen molar-refractivity contribution in [1.82, 2.24) is 5.32 Å². The van der Waals surface area contributed by atoms with Crippen LogP contribution in [0.1, 0.15) is 45.6 Å². The van der Waals surface area contributed by atoms with E-state index >= 15 is 0 Å². The first kappa shape index (κ1) is 14.5. The fraction of sp³-hybridized carbons (Fsp3) is 0.647. The Kier molecular flexibility index (Phi) is 4.32. The van der Waals surface area contributed by atoms with Gasteiger partial charge in [-0.2, -0.15) is 0 Å². The first-order valence-corrected chi connectivity index (χ1v) is 7.37. The quantitative estimate of drug-likeness (QED) is 0.790. The van der Waals surface area contributed by atoms with E-state index < -0.39 is 0 Å². The molecule has 1 aliphatic rings. The minimum Gasteiger partial charge on any atom is -0.396 e. The number of benzene rings is 1. The van der Waals surface area contributed by atoms with E-state index in [2.05, 4.69) is 56.4 Å². The monoisotopic (exact) mass is 261 g/mol. The van der Waals surface area contributed by atoms with Crippen molar-refractivity contribution in [3.05, 3.63) is 35.9 Å². The zero-order valence-electron chi connectivity index (χ0n) is 12.4. The molecule has 2 rings (SSSR count). The van der Waals surface area contributed by atoms with Gasteiger partial charge in [-0.15, -0.1) is 0 Å². The van der Waals surface area contributed by atoms with Crippen LogP contribution in [0.2, 0.25) is 0 Å². The Bertz CT molecular complexity index is 395. The van der Waals surface area contributed by atoms with Gasteiger partial charge in [0.1, 0.15) is 0 Å². The van der Waals surface area contributed by atoms with Gasteiger partial charge in [0.05, 0.1) is 0 Å². The fourth-order valence-corrected chi connectivity index (χ4v) is 2.80. The summed E-state index contributed by atoms with van der Waals surface area (Å²) in [5.41, 5.74) is 1.78. The van der Waals surface area contributed by atoms with Gasteiger partial charge in [-0.25, -0.2) is 0 Å². The molecule has 1 saturated carbocycles. The first-order chi connectivity index (χ1) is 8.97. The second-order valence-corrected chi connectivity index (χ2v) is 6.89. The molecular formula is C17H27NO. The normalized spacial score (nSPS) is 19.2. The molecule has 0 bridgehead atoms. The molecule has 2 nitrogen and oxygen atoms in total. The van der Waals surface area contributed by atoms with Crippen molar-refractivity contribution in [2.75, 3.05) is 13.2 Å². The van der Waals surface area contributed by atoms with Crippen LogP contribution in [0.5, 0.6) is 0 Å². The standard InChI is InChI=1S/C17H27NO/c1-14(18-12-17(13-19)9-10-17)11-16(2,3)15-7-5-4-6-8-15/h4-8,14,18-19H,9-13H2,1-3H3. The molecule has 0 saturated heterocycles. The second kappa shape index (κ2) is 5.64. The smallest absolute Gasteiger partial charge is 0.0499 e. The SMILES string of the molecule is CC(CC(C)(C)c1ccccc1)NCC1(CO)CC1. The average molecular weight is 261 g/mol. The topological polar surface area (TPSA) is 32.3 Å². The molecule has 1 aromatic carbocycles. The van der Waals surface area contributed by atoms with Crippen LogP contribution in [0.15, 0.2) is 30.3 Å². The summed E-state index contributed by atoms with van der Waals surface area (Å²) in [6.07, 6.45) is 3.45. The molecular weight excluding hydrogens is 234 g/mol. The summed E-state index contributed by atoms with van der Waals surface area (Å²) < 4.78 is 0. The predicted octanol–water partition coefficient (Wildman–Crippen LogP) is 3.10. The van der Waals surface area contributed by atoms with E-state index in [0.29, 0.717) is 12.6 Å². The first-order valence-electron chi connectivity index (χ1n) is 7.37. The Balaban J connectivity index is 1.85. The highest BCUT2D eigenvalue weighted by atomic mass is 16.3. The van der Waals surface area contributed by atoms with Crippen LogP contribution in [0, 0.1) is 5.41 Å². The second-order valence-electron chi connectivity index (χ2n) is 6.89. The van der Waals surface area contributed by atoms with E-state index in [1.165, 1.54) is 18.4 Å². The van der Waals surface area contributed by atoms with E-state index in [-0.39, 0.29) is 10.8 Å². The zero-order chi connectivity index (χ0) is 13.9. The van der Waals surface area contributed by atoms with Crippen molar-refractivity contribution in [1.29, 1.82) is 0 Å². The maximum atomic E-state index is 9.34. The van der Waals surface area contributed by atoms with Crippen LogP contribution in [-0.2, 0) is 5.41 Å². The lowest BCUT2D eigenvalue weighted by Crippen LogP contribution is -2.37. The Morgan fingerprint density at radius 2 is 1.89 bits per heavy atom. The van der Waals surface area contributed by atoms with Gasteiger partial charge >= 0.3 is 0 Å². The van der Waals surface area contributed by atoms with E-state index in [0.717, 1.165) is 13.0 Å². The maximum absolute atomic E-state index is 9.34. The molecule has 1 unspecified atom stereocenters. The van der Waals surface area contributed by atoms with Gasteiger partial charge in [0, 0.05) is 24.6 Å². The Labute approximate surface area is 117 Å². The minimum absolute atomic E-state index is 0.184. The van der Waals surface area contributed by atoms with Gasteiger partial charge in [0.25, 0.3) is 0 Å². The number of nitrogens with one attached hydrogen (secondary N) is 1. The van der Waals surface area contributed by atoms with Crippen molar-refractivity contribution in [2.24, 2.45) is 5.41 Å². The molecule has 0 amide bonds. The van der Waals surface area contributed by atoms with Crippen LogP contribution in [0.25, 0.3) is 0 Å². The molecule has 1 aliphatic carbocycles. The third-order valence-electron chi connectivity index (χ3n) is 4.49. The fourth-order valence-electron chi connectivity index (χ4n) is 2.80. The van der Waals surface area contributed by atoms with Gasteiger partial charge < -0.3 is 10.4 Å². The summed E-state index contributed by atoms with van der Waals surface area (Å²) >= 11 is 0. The molecule has 19 heavy (non-hydrogen) atoms. The van der Waals surface area contributed by atoms with Crippen LogP contribution in [0.4, 0.5) is 0 Å². The largest absolute Gasteiger partial charge is 0.396 e. The van der Waals surface area contributed by atoms with Gasteiger partial charge in [0.2, 0.25) is 0 Å². The maximum Gasteiger partial charge on any atom is 0.0499 e. The highest BCUT2D eigenvalue weighted by Crippen LogP contribution is 2.44. The molecule has 0 spiro atoms. The summed E-state index contributed by atoms with van der Waals surface area (Å²) in [7, 11) is 0. The summed E-state index contributed by atoms with van der Waals surface area (Å²) in [5, 5.41) is 12.9. The van der Waals surface area contributed by atoms with Gasteiger partial charge in [0.15, 0.2) is 0 Å². The summed E-state index contributed by atoms with van der Waals surface area (Å²) in [6, 6.07) is 11.2. The third-order valence-corrected chi connectivity index (χ3v) is 4.49. The van der Waals surface area contributed by atoms with E-state index in [1.54, 1.807) is 0 Å². The van der Waals surface area contributed by atoms with E-state index in [9.17, 15) is 5.11 Å². The van der Waals surface area contributed by atoms with Crippen molar-refractivity contribution in [3.8, 4) is 0 Å². The molecule has 1 atom stereocenters. The highest BCUT2D eigenvalue weighted by molar-refractivity contribution is 5.23. The molecule has 106 valence electrons. The highest BCUT2D eigenvalue weighted by Gasteiger charge is 2.41. The third kappa shape index (κ3) is 3.80. The zero-order valence-corrected chi connectivity index (χ0v) is 12.4. The Morgan fingerprint density at radius 1 is 1.26 bits per heavy atom. The predicted molar refractivity (Wildman–Crippen MR) is 80.3 cm³/mol. The number of aliphatic hydroxyl groups excluding tert-OH is 1. The Hall–Kier alpha value is -0.860. The minimum atomic E-state index is 0.184. The lowest BCUT2D eigenvalue weighted by atomic mass is 9.79. The number of hydrogen-bond donors (Lipinski definition) is 2. The van der Waals surface area contributed by atoms with E-state index in [1.807, 2.05) is 0 Å². The van der Waals surface area contributed by atoms with Gasteiger partial charge in [-0.1, -0.05) is 44.2 Å². The molecule has 1 fully saturated rings. The summed E-state index contributed by atoms with van der Waals surface area (Å²) in [5.74, 6) is 0. The van der Waals surface area contributed by atoms with Crippen molar-refractivity contribution in [2.45, 2.75) is 51.5 Å². The molecule has 2 heteroatoms. The van der Waals surface area contributed by atoms with Crippen LogP contribution >= 0.6 is 0 Å². The molecule has 0 aromatic heterocycles. The molecule has 1 aromatic rings. The van der Waals surface area contributed by atoms with Crippen molar-refractivity contribution in [3.63, 3.8) is 0 Å². The number of aliphatic hydroxyl groups is 1. The Morgan fingerprint density at radius 3 is 2.42 bits per heavy atom. The lowest BCUT2D eigenvalue weighted by molar-refractivity contribution is 0.202. The van der Waals surface area contributed by atoms with E-state index in [4.69, 9.17) is 0 Å². The summed E-state index contributed by atoms with van der Waals surface area (Å²) in [4.78, 5) is 0. The molecule has 0 aliphatic heterocycles. The van der Waals surface area contributed by atoms with Gasteiger partial charge in [-0.05, 0) is 37.2 Å². The lowest BCUT2D eigenvalue weighted by Gasteiger charge is -2.30. The van der Waals surface area contributed by atoms with Gasteiger partial charge in [-0.3, -0.25) is 0 Å². The number of rotatable bonds is 7. The van der Waals surface area contributed by atoms with Crippen LogP contribution in [-0.4, -0.2) is 24.3 Å². The molecule has 2 N–H and O–H groups in total. The van der Waals surface area contributed by atoms with Crippen molar-refractivity contribution >= 4 is 0 Å². The molecule has 0 heterocycles. The average Bonchev–Trinajstić information content (AvgIpc) is 3.18. The van der Waals surface area contributed by atoms with Crippen LogP contribution in [0.3, 0.4) is 0 Å². The summed E-state index contributed by atoms with van der Waals surface area (Å²) in [6.45, 7) is 8.14. The van der Waals surface area contributed by atoms with Crippen LogP contribution < -0.4 is 5.32 Å². The molecule has 0 radical (unpaired) electrons. The van der Waals surface area contributed by atoms with Crippen molar-refractivity contribution < 1.29 is 5.11 Å². The number of hydrogen-bond acceptors (Lipinski definition) is 2.